The van der Waals surface area contributed by atoms with Crippen molar-refractivity contribution in [3.05, 3.63) is 80.2 Å². The van der Waals surface area contributed by atoms with Crippen LogP contribution in [0.4, 0.5) is 8.78 Å². The Morgan fingerprint density at radius 3 is 2.67 bits per heavy atom. The highest BCUT2D eigenvalue weighted by molar-refractivity contribution is 9.10. The van der Waals surface area contributed by atoms with E-state index < -0.39 is 11.6 Å². The third kappa shape index (κ3) is 2.21. The van der Waals surface area contributed by atoms with E-state index >= 15 is 0 Å². The van der Waals surface area contributed by atoms with Crippen LogP contribution >= 0.6 is 15.9 Å². The van der Waals surface area contributed by atoms with E-state index in [-0.39, 0.29) is 5.41 Å². The second-order valence-corrected chi connectivity index (χ2v) is 7.40. The summed E-state index contributed by atoms with van der Waals surface area (Å²) in [4.78, 5) is 3.27. The molecule has 0 radical (unpaired) electrons. The molecule has 0 bridgehead atoms. The number of benzene rings is 2. The fraction of sp³-hybridized carbons (Fsp3) is 0.263. The van der Waals surface area contributed by atoms with E-state index in [0.29, 0.717) is 24.8 Å². The van der Waals surface area contributed by atoms with Crippen molar-refractivity contribution in [3.8, 4) is 0 Å². The van der Waals surface area contributed by atoms with Crippen LogP contribution in [0.5, 0.6) is 0 Å². The zero-order valence-electron chi connectivity index (χ0n) is 12.7. The molecule has 0 heterocycles. The predicted octanol–water partition coefficient (Wildman–Crippen LogP) is 5.08. The second kappa shape index (κ2) is 5.49. The molecular formula is C19H13BrF2N2. The fourth-order valence-electron chi connectivity index (χ4n) is 4.11. The van der Waals surface area contributed by atoms with E-state index in [2.05, 4.69) is 26.0 Å². The van der Waals surface area contributed by atoms with Crippen LogP contribution in [0.25, 0.3) is 4.95 Å². The monoisotopic (exact) mass is 386 g/mol. The standard InChI is InChI=1S/C19H13BrF2N2/c1-23-24-18-15-8-13(20)4-2-12(15)10-19(18)7-6-14-11(9-19)3-5-16(21)17(14)22/h2-5,8H,6-7,9-10H2/b24-18+. The highest BCUT2D eigenvalue weighted by Gasteiger charge is 2.47. The minimum Gasteiger partial charge on any atom is -0.204 e. The Kier molecular flexibility index (Phi) is 3.54. The lowest BCUT2D eigenvalue weighted by atomic mass is 9.68. The lowest BCUT2D eigenvalue weighted by Crippen LogP contribution is -2.35. The van der Waals surface area contributed by atoms with Gasteiger partial charge >= 0.3 is 0 Å². The first-order chi connectivity index (χ1) is 11.5. The van der Waals surface area contributed by atoms with Crippen molar-refractivity contribution in [1.29, 1.82) is 0 Å². The van der Waals surface area contributed by atoms with Gasteiger partial charge in [-0.05, 0) is 60.6 Å². The molecule has 4 rings (SSSR count). The van der Waals surface area contributed by atoms with Gasteiger partial charge in [-0.15, -0.1) is 4.95 Å². The number of rotatable bonds is 0. The van der Waals surface area contributed by atoms with Gasteiger partial charge in [0.1, 0.15) is 5.71 Å². The molecule has 2 nitrogen and oxygen atoms in total. The third-order valence-corrected chi connectivity index (χ3v) is 5.68. The van der Waals surface area contributed by atoms with Crippen molar-refractivity contribution in [1.82, 2.24) is 0 Å². The Balaban J connectivity index is 1.83. The van der Waals surface area contributed by atoms with Crippen LogP contribution in [0, 0.1) is 23.6 Å². The van der Waals surface area contributed by atoms with Gasteiger partial charge in [0, 0.05) is 15.5 Å². The molecule has 2 aliphatic carbocycles. The summed E-state index contributed by atoms with van der Waals surface area (Å²) in [7, 11) is 0. The van der Waals surface area contributed by atoms with Crippen molar-refractivity contribution in [3.63, 3.8) is 0 Å². The van der Waals surface area contributed by atoms with Gasteiger partial charge in [-0.2, -0.15) is 6.57 Å². The minimum absolute atomic E-state index is 0.301. The summed E-state index contributed by atoms with van der Waals surface area (Å²) >= 11 is 3.48. The van der Waals surface area contributed by atoms with E-state index in [4.69, 9.17) is 6.57 Å². The zero-order valence-corrected chi connectivity index (χ0v) is 14.3. The van der Waals surface area contributed by atoms with Crippen molar-refractivity contribution in [2.45, 2.75) is 25.7 Å². The zero-order chi connectivity index (χ0) is 16.9. The molecule has 2 aliphatic rings. The first-order valence-corrected chi connectivity index (χ1v) is 8.53. The third-order valence-electron chi connectivity index (χ3n) is 5.18. The lowest BCUT2D eigenvalue weighted by Gasteiger charge is -2.34. The minimum atomic E-state index is -0.793. The highest BCUT2D eigenvalue weighted by Crippen LogP contribution is 2.47. The summed E-state index contributed by atoms with van der Waals surface area (Å²) in [5.41, 5.74) is 3.93. The average Bonchev–Trinajstić information content (AvgIpc) is 2.85. The predicted molar refractivity (Wildman–Crippen MR) is 91.8 cm³/mol. The second-order valence-electron chi connectivity index (χ2n) is 6.48. The van der Waals surface area contributed by atoms with Crippen LogP contribution in [-0.4, -0.2) is 5.71 Å². The maximum absolute atomic E-state index is 14.1. The SMILES string of the molecule is [C-]#[N+]/N=C1\c2cc(Br)ccc2CC12CCc1c(ccc(F)c1F)C2. The Hall–Kier alpha value is -2.06. The first-order valence-electron chi connectivity index (χ1n) is 7.73. The van der Waals surface area contributed by atoms with Gasteiger partial charge in [0.25, 0.3) is 0 Å². The Morgan fingerprint density at radius 1 is 1.12 bits per heavy atom. The number of fused-ring (bicyclic) bond motifs is 2. The molecular weight excluding hydrogens is 374 g/mol. The van der Waals surface area contributed by atoms with E-state index in [0.717, 1.165) is 33.3 Å². The van der Waals surface area contributed by atoms with E-state index in [1.165, 1.54) is 6.07 Å². The molecule has 0 aromatic heterocycles. The topological polar surface area (TPSA) is 16.7 Å². The number of nitrogens with zero attached hydrogens (tertiary/aromatic N) is 2. The Labute approximate surface area is 147 Å². The Morgan fingerprint density at radius 2 is 1.88 bits per heavy atom. The molecule has 0 amide bonds. The van der Waals surface area contributed by atoms with Crippen LogP contribution < -0.4 is 0 Å². The summed E-state index contributed by atoms with van der Waals surface area (Å²) in [6.07, 6.45) is 2.49. The lowest BCUT2D eigenvalue weighted by molar-refractivity contribution is 0.361. The maximum Gasteiger partial charge on any atom is 0.162 e. The summed E-state index contributed by atoms with van der Waals surface area (Å²) < 4.78 is 28.5. The summed E-state index contributed by atoms with van der Waals surface area (Å²) in [6.45, 7) is 7.19. The molecule has 0 N–H and O–H groups in total. The van der Waals surface area contributed by atoms with Crippen LogP contribution in [-0.2, 0) is 19.3 Å². The Bertz CT molecular complexity index is 930. The largest absolute Gasteiger partial charge is 0.204 e. The summed E-state index contributed by atoms with van der Waals surface area (Å²) in [6, 6.07) is 8.89. The number of hydrogen-bond acceptors (Lipinski definition) is 1. The van der Waals surface area contributed by atoms with Gasteiger partial charge in [0.15, 0.2) is 11.6 Å². The van der Waals surface area contributed by atoms with Gasteiger partial charge in [-0.25, -0.2) is 8.78 Å². The molecule has 1 atom stereocenters. The van der Waals surface area contributed by atoms with Crippen LogP contribution in [0.1, 0.15) is 28.7 Å². The fourth-order valence-corrected chi connectivity index (χ4v) is 4.47. The molecule has 0 saturated heterocycles. The normalized spacial score (nSPS) is 23.2. The molecule has 1 spiro atoms. The molecule has 2 aromatic rings. The van der Waals surface area contributed by atoms with Gasteiger partial charge in [0.05, 0.1) is 5.10 Å². The van der Waals surface area contributed by atoms with Crippen molar-refractivity contribution < 1.29 is 8.78 Å². The molecule has 0 saturated carbocycles. The smallest absolute Gasteiger partial charge is 0.162 e. The van der Waals surface area contributed by atoms with E-state index in [1.807, 2.05) is 18.2 Å². The van der Waals surface area contributed by atoms with Crippen molar-refractivity contribution >= 4 is 21.6 Å². The molecule has 0 aliphatic heterocycles. The van der Waals surface area contributed by atoms with Crippen molar-refractivity contribution in [2.24, 2.45) is 10.5 Å². The number of halogens is 3. The quantitative estimate of drug-likeness (QED) is 0.443. The van der Waals surface area contributed by atoms with Gasteiger partial charge in [-0.3, -0.25) is 0 Å². The van der Waals surface area contributed by atoms with Gasteiger partial charge in [-0.1, -0.05) is 28.1 Å². The summed E-state index contributed by atoms with van der Waals surface area (Å²) in [5, 5.41) is 4.12. The van der Waals surface area contributed by atoms with Gasteiger partial charge < -0.3 is 0 Å². The molecule has 24 heavy (non-hydrogen) atoms. The maximum atomic E-state index is 14.1. The summed E-state index contributed by atoms with van der Waals surface area (Å²) in [5.74, 6) is -1.53. The molecule has 120 valence electrons. The first kappa shape index (κ1) is 15.5. The molecule has 2 aromatic carbocycles. The van der Waals surface area contributed by atoms with E-state index in [1.54, 1.807) is 6.07 Å². The van der Waals surface area contributed by atoms with Crippen LogP contribution in [0.15, 0.2) is 39.9 Å². The number of hydrogen-bond donors (Lipinski definition) is 0. The van der Waals surface area contributed by atoms with Gasteiger partial charge in [0.2, 0.25) is 0 Å². The molecule has 5 heteroatoms. The van der Waals surface area contributed by atoms with Crippen LogP contribution in [0.3, 0.4) is 0 Å². The van der Waals surface area contributed by atoms with Crippen LogP contribution in [0.2, 0.25) is 0 Å². The average molecular weight is 387 g/mol. The van der Waals surface area contributed by atoms with Crippen molar-refractivity contribution in [2.75, 3.05) is 0 Å². The molecule has 0 fully saturated rings. The van der Waals surface area contributed by atoms with E-state index in [9.17, 15) is 8.78 Å². The highest BCUT2D eigenvalue weighted by atomic mass is 79.9. The molecule has 1 unspecified atom stereocenters.